The summed E-state index contributed by atoms with van der Waals surface area (Å²) in [6.07, 6.45) is 1.07. The standard InChI is InChI=1S/C7H11N3O4S2/c1-16(13,14)9-5-4-8-6-2-3-7(15-6)10(11)12/h2-3,8-9H,4-5H2,1H3. The lowest BCUT2D eigenvalue weighted by molar-refractivity contribution is -0.380. The lowest BCUT2D eigenvalue weighted by Crippen LogP contribution is -2.27. The van der Waals surface area contributed by atoms with Gasteiger partial charge in [-0.25, -0.2) is 13.1 Å². The molecule has 0 atom stereocenters. The van der Waals surface area contributed by atoms with Gasteiger partial charge in [0, 0.05) is 19.2 Å². The molecule has 1 aromatic heterocycles. The van der Waals surface area contributed by atoms with Crippen molar-refractivity contribution in [2.75, 3.05) is 24.7 Å². The van der Waals surface area contributed by atoms with Crippen molar-refractivity contribution in [2.45, 2.75) is 0 Å². The summed E-state index contributed by atoms with van der Waals surface area (Å²) in [5, 5.41) is 13.9. The third-order valence-corrected chi connectivity index (χ3v) is 3.28. The van der Waals surface area contributed by atoms with Gasteiger partial charge in [-0.15, -0.1) is 0 Å². The van der Waals surface area contributed by atoms with E-state index in [1.807, 2.05) is 0 Å². The Morgan fingerprint density at radius 2 is 2.12 bits per heavy atom. The molecule has 0 aliphatic heterocycles. The summed E-state index contributed by atoms with van der Waals surface area (Å²) >= 11 is 1.01. The largest absolute Gasteiger partial charge is 0.375 e. The molecule has 0 spiro atoms. The minimum atomic E-state index is -3.18. The predicted molar refractivity (Wildman–Crippen MR) is 62.3 cm³/mol. The number of nitrogens with one attached hydrogen (secondary N) is 2. The Kier molecular flexibility index (Phi) is 4.21. The first-order chi connectivity index (χ1) is 7.38. The van der Waals surface area contributed by atoms with Crippen LogP contribution >= 0.6 is 11.3 Å². The van der Waals surface area contributed by atoms with Crippen LogP contribution in [0.4, 0.5) is 10.0 Å². The normalized spacial score (nSPS) is 11.3. The van der Waals surface area contributed by atoms with Gasteiger partial charge in [0.15, 0.2) is 0 Å². The van der Waals surface area contributed by atoms with Gasteiger partial charge in [0.2, 0.25) is 10.0 Å². The van der Waals surface area contributed by atoms with Crippen molar-refractivity contribution < 1.29 is 13.3 Å². The summed E-state index contributed by atoms with van der Waals surface area (Å²) in [7, 11) is -3.18. The highest BCUT2D eigenvalue weighted by Gasteiger charge is 2.08. The number of rotatable bonds is 6. The summed E-state index contributed by atoms with van der Waals surface area (Å²) in [6, 6.07) is 2.99. The van der Waals surface area contributed by atoms with Crippen molar-refractivity contribution in [1.82, 2.24) is 4.72 Å². The van der Waals surface area contributed by atoms with Crippen LogP contribution in [-0.4, -0.2) is 32.7 Å². The quantitative estimate of drug-likeness (QED) is 0.446. The highest BCUT2D eigenvalue weighted by Crippen LogP contribution is 2.27. The van der Waals surface area contributed by atoms with Gasteiger partial charge in [-0.3, -0.25) is 10.1 Å². The van der Waals surface area contributed by atoms with Crippen LogP contribution in [0.25, 0.3) is 0 Å². The molecule has 0 amide bonds. The Balaban J connectivity index is 2.35. The van der Waals surface area contributed by atoms with E-state index in [4.69, 9.17) is 0 Å². The molecular weight excluding hydrogens is 254 g/mol. The number of nitro groups is 1. The second-order valence-corrected chi connectivity index (χ2v) is 5.88. The summed E-state index contributed by atoms with van der Waals surface area (Å²) < 4.78 is 23.7. The number of hydrogen-bond donors (Lipinski definition) is 2. The zero-order chi connectivity index (χ0) is 12.2. The van der Waals surface area contributed by atoms with E-state index in [1.165, 1.54) is 6.07 Å². The molecule has 7 nitrogen and oxygen atoms in total. The molecule has 9 heteroatoms. The smallest absolute Gasteiger partial charge is 0.326 e. The minimum absolute atomic E-state index is 0.0542. The van der Waals surface area contributed by atoms with E-state index < -0.39 is 14.9 Å². The van der Waals surface area contributed by atoms with E-state index in [9.17, 15) is 18.5 Å². The minimum Gasteiger partial charge on any atom is -0.375 e. The Labute approximate surface area is 96.7 Å². The highest BCUT2D eigenvalue weighted by atomic mass is 32.2. The average Bonchev–Trinajstić information content (AvgIpc) is 2.59. The van der Waals surface area contributed by atoms with Crippen LogP contribution in [0.5, 0.6) is 0 Å². The Morgan fingerprint density at radius 1 is 1.44 bits per heavy atom. The van der Waals surface area contributed by atoms with Crippen LogP contribution < -0.4 is 10.0 Å². The molecule has 1 aromatic rings. The first-order valence-electron chi connectivity index (χ1n) is 4.31. The number of hydrogen-bond acceptors (Lipinski definition) is 6. The molecule has 0 radical (unpaired) electrons. The van der Waals surface area contributed by atoms with Crippen molar-refractivity contribution in [3.05, 3.63) is 22.2 Å². The summed E-state index contributed by atoms with van der Waals surface area (Å²) in [5.41, 5.74) is 0. The van der Waals surface area contributed by atoms with Gasteiger partial charge in [0.05, 0.1) is 16.2 Å². The van der Waals surface area contributed by atoms with Crippen LogP contribution in [0.1, 0.15) is 0 Å². The van der Waals surface area contributed by atoms with Crippen LogP contribution in [-0.2, 0) is 10.0 Å². The number of anilines is 1. The summed E-state index contributed by atoms with van der Waals surface area (Å²) in [5.74, 6) is 0. The third kappa shape index (κ3) is 4.55. The van der Waals surface area contributed by atoms with Gasteiger partial charge >= 0.3 is 5.00 Å². The Morgan fingerprint density at radius 3 is 2.62 bits per heavy atom. The molecule has 0 fully saturated rings. The van der Waals surface area contributed by atoms with Gasteiger partial charge in [0.1, 0.15) is 0 Å². The van der Waals surface area contributed by atoms with Crippen molar-refractivity contribution >= 4 is 31.4 Å². The van der Waals surface area contributed by atoms with E-state index in [0.717, 1.165) is 17.6 Å². The average molecular weight is 265 g/mol. The van der Waals surface area contributed by atoms with Gasteiger partial charge < -0.3 is 5.32 Å². The number of thiophene rings is 1. The molecule has 2 N–H and O–H groups in total. The second kappa shape index (κ2) is 5.23. The maximum absolute atomic E-state index is 10.7. The molecule has 0 bridgehead atoms. The lowest BCUT2D eigenvalue weighted by atomic mass is 10.5. The summed E-state index contributed by atoms with van der Waals surface area (Å²) in [6.45, 7) is 0.620. The molecule has 0 unspecified atom stereocenters. The van der Waals surface area contributed by atoms with Crippen LogP contribution in [0, 0.1) is 10.1 Å². The van der Waals surface area contributed by atoms with Crippen molar-refractivity contribution in [2.24, 2.45) is 0 Å². The van der Waals surface area contributed by atoms with Crippen LogP contribution in [0.15, 0.2) is 12.1 Å². The Hall–Kier alpha value is -1.19. The maximum Gasteiger partial charge on any atom is 0.326 e. The molecule has 90 valence electrons. The van der Waals surface area contributed by atoms with Crippen molar-refractivity contribution in [3.8, 4) is 0 Å². The third-order valence-electron chi connectivity index (χ3n) is 1.56. The topological polar surface area (TPSA) is 101 Å². The van der Waals surface area contributed by atoms with E-state index in [1.54, 1.807) is 6.07 Å². The predicted octanol–water partition coefficient (Wildman–Crippen LogP) is 0.617. The molecule has 0 aromatic carbocycles. The fraction of sp³-hybridized carbons (Fsp3) is 0.429. The summed E-state index contributed by atoms with van der Waals surface area (Å²) in [4.78, 5) is 9.90. The highest BCUT2D eigenvalue weighted by molar-refractivity contribution is 7.88. The first kappa shape index (κ1) is 12.9. The second-order valence-electron chi connectivity index (χ2n) is 2.99. The number of nitrogens with zero attached hydrogens (tertiary/aromatic N) is 1. The fourth-order valence-corrected chi connectivity index (χ4v) is 2.16. The molecule has 0 aliphatic carbocycles. The van der Waals surface area contributed by atoms with E-state index in [0.29, 0.717) is 11.5 Å². The van der Waals surface area contributed by atoms with Crippen LogP contribution in [0.2, 0.25) is 0 Å². The van der Waals surface area contributed by atoms with E-state index in [2.05, 4.69) is 10.0 Å². The molecule has 0 saturated heterocycles. The SMILES string of the molecule is CS(=O)(=O)NCCNc1ccc([N+](=O)[O-])s1. The zero-order valence-electron chi connectivity index (χ0n) is 8.47. The lowest BCUT2D eigenvalue weighted by Gasteiger charge is -2.03. The molecule has 16 heavy (non-hydrogen) atoms. The number of sulfonamides is 1. The Bertz CT molecular complexity index is 468. The van der Waals surface area contributed by atoms with Gasteiger partial charge in [-0.2, -0.15) is 0 Å². The van der Waals surface area contributed by atoms with Gasteiger partial charge in [-0.05, 0) is 17.4 Å². The van der Waals surface area contributed by atoms with Crippen molar-refractivity contribution in [1.29, 1.82) is 0 Å². The van der Waals surface area contributed by atoms with Gasteiger partial charge in [0.25, 0.3) is 0 Å². The van der Waals surface area contributed by atoms with E-state index in [-0.39, 0.29) is 11.5 Å². The maximum atomic E-state index is 10.7. The van der Waals surface area contributed by atoms with Gasteiger partial charge in [-0.1, -0.05) is 0 Å². The van der Waals surface area contributed by atoms with Crippen LogP contribution in [0.3, 0.4) is 0 Å². The zero-order valence-corrected chi connectivity index (χ0v) is 10.1. The van der Waals surface area contributed by atoms with E-state index >= 15 is 0 Å². The molecule has 1 heterocycles. The first-order valence-corrected chi connectivity index (χ1v) is 7.02. The molecule has 1 rings (SSSR count). The van der Waals surface area contributed by atoms with Crippen molar-refractivity contribution in [3.63, 3.8) is 0 Å². The fourth-order valence-electron chi connectivity index (χ4n) is 0.943. The monoisotopic (exact) mass is 265 g/mol. The molecule has 0 saturated carbocycles. The molecule has 0 aliphatic rings. The molecular formula is C7H11N3O4S2.